The molecule has 0 aliphatic rings. The zero-order valence-electron chi connectivity index (χ0n) is 9.81. The first-order chi connectivity index (χ1) is 8.56. The minimum absolute atomic E-state index is 0.737. The maximum atomic E-state index is 5.96. The number of hydrogen-bond donors (Lipinski definition) is 1. The normalized spacial score (nSPS) is 10.4. The van der Waals surface area contributed by atoms with Gasteiger partial charge in [-0.25, -0.2) is 0 Å². The van der Waals surface area contributed by atoms with E-state index in [1.54, 1.807) is 0 Å². The van der Waals surface area contributed by atoms with Crippen LogP contribution in [0.25, 0.3) is 0 Å². The Labute approximate surface area is 129 Å². The summed E-state index contributed by atoms with van der Waals surface area (Å²) in [5.41, 5.74) is 3.42. The maximum Gasteiger partial charge on any atom is 0.0631 e. The zero-order chi connectivity index (χ0) is 13.1. The van der Waals surface area contributed by atoms with E-state index in [-0.39, 0.29) is 0 Å². The Kier molecular flexibility index (Phi) is 4.71. The Balaban J connectivity index is 2.16. The van der Waals surface area contributed by atoms with Gasteiger partial charge >= 0.3 is 0 Å². The molecule has 0 atom stereocenters. The molecule has 0 aromatic heterocycles. The number of hydrogen-bond acceptors (Lipinski definition) is 1. The highest BCUT2D eigenvalue weighted by atomic mass is 79.9. The summed E-state index contributed by atoms with van der Waals surface area (Å²) in [5.74, 6) is 0. The van der Waals surface area contributed by atoms with E-state index in [2.05, 4.69) is 62.3 Å². The van der Waals surface area contributed by atoms with Gasteiger partial charge in [-0.3, -0.25) is 0 Å². The van der Waals surface area contributed by atoms with Crippen LogP contribution < -0.4 is 5.32 Å². The second-order valence-electron chi connectivity index (χ2n) is 4.09. The summed E-state index contributed by atoms with van der Waals surface area (Å²) >= 11 is 13.1. The number of halogens is 3. The van der Waals surface area contributed by atoms with Crippen LogP contribution in [-0.2, 0) is 6.54 Å². The summed E-state index contributed by atoms with van der Waals surface area (Å²) < 4.78 is 2.10. The molecule has 0 saturated carbocycles. The van der Waals surface area contributed by atoms with Crippen molar-refractivity contribution in [2.45, 2.75) is 13.5 Å². The van der Waals surface area contributed by atoms with Gasteiger partial charge in [-0.1, -0.05) is 23.7 Å². The van der Waals surface area contributed by atoms with Crippen LogP contribution in [0.4, 0.5) is 5.69 Å². The van der Waals surface area contributed by atoms with Gasteiger partial charge in [0.05, 0.1) is 5.69 Å². The minimum atomic E-state index is 0.737. The van der Waals surface area contributed by atoms with E-state index < -0.39 is 0 Å². The highest BCUT2D eigenvalue weighted by Crippen LogP contribution is 2.32. The molecule has 0 saturated heterocycles. The smallest absolute Gasteiger partial charge is 0.0631 e. The highest BCUT2D eigenvalue weighted by Gasteiger charge is 2.05. The van der Waals surface area contributed by atoms with Gasteiger partial charge in [-0.05, 0) is 74.2 Å². The summed E-state index contributed by atoms with van der Waals surface area (Å²) in [4.78, 5) is 0. The van der Waals surface area contributed by atoms with Crippen LogP contribution >= 0.6 is 43.5 Å². The largest absolute Gasteiger partial charge is 0.379 e. The van der Waals surface area contributed by atoms with Gasteiger partial charge in [0.25, 0.3) is 0 Å². The molecule has 0 fully saturated rings. The molecule has 1 N–H and O–H groups in total. The quantitative estimate of drug-likeness (QED) is 0.701. The predicted molar refractivity (Wildman–Crippen MR) is 85.4 cm³/mol. The first-order valence-corrected chi connectivity index (χ1v) is 7.46. The van der Waals surface area contributed by atoms with Crippen LogP contribution in [0, 0.1) is 6.92 Å². The van der Waals surface area contributed by atoms with Crippen molar-refractivity contribution in [3.05, 3.63) is 61.5 Å². The molecule has 1 nitrogen and oxygen atoms in total. The van der Waals surface area contributed by atoms with Crippen molar-refractivity contribution in [1.29, 1.82) is 0 Å². The van der Waals surface area contributed by atoms with Gasteiger partial charge in [-0.15, -0.1) is 0 Å². The van der Waals surface area contributed by atoms with Gasteiger partial charge in [-0.2, -0.15) is 0 Å². The Bertz CT molecular complexity index is 546. The Morgan fingerprint density at radius 2 is 1.78 bits per heavy atom. The molecule has 0 aliphatic carbocycles. The van der Waals surface area contributed by atoms with Gasteiger partial charge in [0.2, 0.25) is 0 Å². The standard InChI is InChI=1S/C14H12Br2ClN/c1-9-5-12(15)14(13(16)6-9)18-8-10-3-2-4-11(17)7-10/h2-7,18H,8H2,1H3. The minimum Gasteiger partial charge on any atom is -0.379 e. The molecule has 0 amide bonds. The third kappa shape index (κ3) is 3.50. The average Bonchev–Trinajstić information content (AvgIpc) is 2.27. The van der Waals surface area contributed by atoms with Crippen LogP contribution in [0.15, 0.2) is 45.3 Å². The Morgan fingerprint density at radius 1 is 1.11 bits per heavy atom. The summed E-state index contributed by atoms with van der Waals surface area (Å²) in [6.07, 6.45) is 0. The van der Waals surface area contributed by atoms with E-state index in [0.717, 1.165) is 31.8 Å². The van der Waals surface area contributed by atoms with Crippen molar-refractivity contribution < 1.29 is 0 Å². The summed E-state index contributed by atoms with van der Waals surface area (Å²) in [6.45, 7) is 2.80. The molecule has 18 heavy (non-hydrogen) atoms. The van der Waals surface area contributed by atoms with Crippen molar-refractivity contribution >= 4 is 49.1 Å². The summed E-state index contributed by atoms with van der Waals surface area (Å²) in [6, 6.07) is 12.0. The molecule has 94 valence electrons. The molecule has 2 aromatic carbocycles. The van der Waals surface area contributed by atoms with Crippen molar-refractivity contribution in [3.8, 4) is 0 Å². The van der Waals surface area contributed by atoms with Gasteiger partial charge < -0.3 is 5.32 Å². The Morgan fingerprint density at radius 3 is 2.39 bits per heavy atom. The molecular weight excluding hydrogens is 377 g/mol. The fraction of sp³-hybridized carbons (Fsp3) is 0.143. The second-order valence-corrected chi connectivity index (χ2v) is 6.23. The first kappa shape index (κ1) is 13.9. The number of nitrogens with one attached hydrogen (secondary N) is 1. The van der Waals surface area contributed by atoms with Crippen LogP contribution in [0.2, 0.25) is 5.02 Å². The van der Waals surface area contributed by atoms with Gasteiger partial charge in [0, 0.05) is 20.5 Å². The topological polar surface area (TPSA) is 12.0 Å². The Hall–Kier alpha value is -0.510. The first-order valence-electron chi connectivity index (χ1n) is 5.50. The molecule has 0 radical (unpaired) electrons. The molecule has 0 bridgehead atoms. The van der Waals surface area contributed by atoms with Crippen molar-refractivity contribution in [2.75, 3.05) is 5.32 Å². The van der Waals surface area contributed by atoms with E-state index in [1.165, 1.54) is 5.56 Å². The highest BCUT2D eigenvalue weighted by molar-refractivity contribution is 9.11. The van der Waals surface area contributed by atoms with E-state index in [0.29, 0.717) is 0 Å². The van der Waals surface area contributed by atoms with E-state index in [9.17, 15) is 0 Å². The SMILES string of the molecule is Cc1cc(Br)c(NCc2cccc(Cl)c2)c(Br)c1. The van der Waals surface area contributed by atoms with E-state index >= 15 is 0 Å². The third-order valence-electron chi connectivity index (χ3n) is 2.54. The number of anilines is 1. The molecule has 2 rings (SSSR count). The fourth-order valence-electron chi connectivity index (χ4n) is 1.71. The molecule has 0 heterocycles. The number of benzene rings is 2. The summed E-state index contributed by atoms with van der Waals surface area (Å²) in [5, 5.41) is 4.16. The van der Waals surface area contributed by atoms with Gasteiger partial charge in [0.1, 0.15) is 0 Å². The van der Waals surface area contributed by atoms with E-state index in [4.69, 9.17) is 11.6 Å². The lowest BCUT2D eigenvalue weighted by Crippen LogP contribution is -2.01. The molecule has 0 aliphatic heterocycles. The van der Waals surface area contributed by atoms with Gasteiger partial charge in [0.15, 0.2) is 0 Å². The van der Waals surface area contributed by atoms with E-state index in [1.807, 2.05) is 18.2 Å². The van der Waals surface area contributed by atoms with Crippen LogP contribution in [-0.4, -0.2) is 0 Å². The van der Waals surface area contributed by atoms with Crippen LogP contribution in [0.5, 0.6) is 0 Å². The lowest BCUT2D eigenvalue weighted by atomic mass is 10.2. The summed E-state index contributed by atoms with van der Waals surface area (Å²) in [7, 11) is 0. The van der Waals surface area contributed by atoms with Crippen LogP contribution in [0.1, 0.15) is 11.1 Å². The van der Waals surface area contributed by atoms with Crippen molar-refractivity contribution in [2.24, 2.45) is 0 Å². The zero-order valence-corrected chi connectivity index (χ0v) is 13.7. The third-order valence-corrected chi connectivity index (χ3v) is 4.03. The maximum absolute atomic E-state index is 5.96. The molecule has 4 heteroatoms. The number of rotatable bonds is 3. The number of aryl methyl sites for hydroxylation is 1. The molecule has 0 spiro atoms. The van der Waals surface area contributed by atoms with Crippen molar-refractivity contribution in [3.63, 3.8) is 0 Å². The monoisotopic (exact) mass is 387 g/mol. The second kappa shape index (κ2) is 6.09. The lowest BCUT2D eigenvalue weighted by molar-refractivity contribution is 1.14. The molecular formula is C14H12Br2ClN. The fourth-order valence-corrected chi connectivity index (χ4v) is 3.61. The predicted octanol–water partition coefficient (Wildman–Crippen LogP) is 5.79. The van der Waals surface area contributed by atoms with Crippen LogP contribution in [0.3, 0.4) is 0 Å². The molecule has 0 unspecified atom stereocenters. The lowest BCUT2D eigenvalue weighted by Gasteiger charge is -2.12. The molecule has 2 aromatic rings. The van der Waals surface area contributed by atoms with Crippen molar-refractivity contribution in [1.82, 2.24) is 0 Å². The average molecular weight is 390 g/mol.